The molecule has 0 unspecified atom stereocenters. The molecular weight excluding hydrogens is 452 g/mol. The second-order valence-electron chi connectivity index (χ2n) is 7.55. The molecule has 0 saturated heterocycles. The van der Waals surface area contributed by atoms with Gasteiger partial charge in [-0.15, -0.1) is 0 Å². The van der Waals surface area contributed by atoms with Crippen LogP contribution in [0.2, 0.25) is 5.02 Å². The second-order valence-corrected chi connectivity index (χ2v) is 7.99. The third-order valence-electron chi connectivity index (χ3n) is 5.32. The van der Waals surface area contributed by atoms with Crippen molar-refractivity contribution < 1.29 is 14.4 Å². The first kappa shape index (κ1) is 21.4. The first-order valence-electron chi connectivity index (χ1n) is 10.4. The van der Waals surface area contributed by atoms with Crippen molar-refractivity contribution in [3.05, 3.63) is 107 Å². The van der Waals surface area contributed by atoms with Crippen LogP contribution in [0.5, 0.6) is 0 Å². The molecule has 0 radical (unpaired) electrons. The van der Waals surface area contributed by atoms with Crippen molar-refractivity contribution in [3.63, 3.8) is 0 Å². The van der Waals surface area contributed by atoms with E-state index in [-0.39, 0.29) is 16.8 Å². The van der Waals surface area contributed by atoms with Gasteiger partial charge < -0.3 is 5.32 Å². The summed E-state index contributed by atoms with van der Waals surface area (Å²) < 4.78 is 1.74. The Morgan fingerprint density at radius 3 is 2.47 bits per heavy atom. The van der Waals surface area contributed by atoms with Crippen molar-refractivity contribution in [1.82, 2.24) is 15.1 Å². The molecule has 0 saturated carbocycles. The van der Waals surface area contributed by atoms with Gasteiger partial charge in [-0.25, -0.2) is 4.68 Å². The van der Waals surface area contributed by atoms with Crippen molar-refractivity contribution in [3.8, 4) is 16.9 Å². The number of para-hydroxylation sites is 1. The number of halogens is 1. The maximum Gasteiger partial charge on any atom is 0.261 e. The third-order valence-corrected chi connectivity index (χ3v) is 5.57. The van der Waals surface area contributed by atoms with E-state index in [2.05, 4.69) is 10.6 Å². The van der Waals surface area contributed by atoms with E-state index in [1.54, 1.807) is 35.0 Å². The van der Waals surface area contributed by atoms with Crippen LogP contribution in [0.4, 0.5) is 5.69 Å². The average Bonchev–Trinajstić information content (AvgIpc) is 3.40. The minimum atomic E-state index is -0.533. The molecule has 1 aromatic heterocycles. The lowest BCUT2D eigenvalue weighted by Crippen LogP contribution is -2.20. The molecule has 1 aliphatic heterocycles. The molecule has 0 fully saturated rings. The molecule has 3 amide bonds. The number of carbonyl (C=O) groups is 3. The number of hydrogen-bond acceptors (Lipinski definition) is 4. The Morgan fingerprint density at radius 2 is 1.71 bits per heavy atom. The molecular formula is C26H17ClN4O3. The first-order chi connectivity index (χ1) is 16.5. The summed E-state index contributed by atoms with van der Waals surface area (Å²) in [7, 11) is 0. The maximum absolute atomic E-state index is 12.7. The summed E-state index contributed by atoms with van der Waals surface area (Å²) in [6.45, 7) is 0. The second kappa shape index (κ2) is 8.80. The maximum atomic E-state index is 12.7. The van der Waals surface area contributed by atoms with Gasteiger partial charge in [-0.05, 0) is 42.5 Å². The zero-order chi connectivity index (χ0) is 23.7. The Morgan fingerprint density at radius 1 is 0.941 bits per heavy atom. The van der Waals surface area contributed by atoms with Crippen molar-refractivity contribution in [2.24, 2.45) is 0 Å². The Kier molecular flexibility index (Phi) is 5.53. The summed E-state index contributed by atoms with van der Waals surface area (Å²) in [4.78, 5) is 36.6. The summed E-state index contributed by atoms with van der Waals surface area (Å²) >= 11 is 6.04. The standard InChI is InChI=1S/C26H17ClN4O3/c27-18-12-9-16(10-13-18)24-17(15-31(30-24)19-5-2-1-3-6-19)11-14-22(32)28-21-8-4-7-20-23(21)26(34)29-25(20)33/h1-15H,(H,28,32)(H,29,33,34)/b14-11+. The Labute approximate surface area is 199 Å². The highest BCUT2D eigenvalue weighted by Crippen LogP contribution is 2.27. The van der Waals surface area contributed by atoms with Crippen molar-refractivity contribution >= 4 is 41.1 Å². The molecule has 0 spiro atoms. The van der Waals surface area contributed by atoms with Crippen molar-refractivity contribution in [2.45, 2.75) is 0 Å². The van der Waals surface area contributed by atoms with E-state index in [4.69, 9.17) is 16.7 Å². The zero-order valence-corrected chi connectivity index (χ0v) is 18.4. The number of amides is 3. The van der Waals surface area contributed by atoms with Gasteiger partial charge in [0.2, 0.25) is 5.91 Å². The molecule has 34 heavy (non-hydrogen) atoms. The topological polar surface area (TPSA) is 93.1 Å². The van der Waals surface area contributed by atoms with Crippen LogP contribution >= 0.6 is 11.6 Å². The van der Waals surface area contributed by atoms with E-state index in [9.17, 15) is 14.4 Å². The van der Waals surface area contributed by atoms with Crippen LogP contribution < -0.4 is 10.6 Å². The zero-order valence-electron chi connectivity index (χ0n) is 17.7. The van der Waals surface area contributed by atoms with Gasteiger partial charge in [0.25, 0.3) is 11.8 Å². The van der Waals surface area contributed by atoms with Crippen LogP contribution in [-0.4, -0.2) is 27.5 Å². The minimum absolute atomic E-state index is 0.160. The number of anilines is 1. The molecule has 2 N–H and O–H groups in total. The SMILES string of the molecule is O=C(/C=C/c1cn(-c2ccccc2)nc1-c1ccc(Cl)cc1)Nc1cccc2c1C(=O)NC2=O. The molecule has 1 aliphatic rings. The number of carbonyl (C=O) groups excluding carboxylic acids is 3. The van der Waals surface area contributed by atoms with Crippen LogP contribution in [0.1, 0.15) is 26.3 Å². The highest BCUT2D eigenvalue weighted by Gasteiger charge is 2.29. The Bertz CT molecular complexity index is 1460. The fraction of sp³-hybridized carbons (Fsp3) is 0. The van der Waals surface area contributed by atoms with Crippen molar-refractivity contribution in [1.29, 1.82) is 0 Å². The lowest BCUT2D eigenvalue weighted by Gasteiger charge is -2.06. The molecule has 2 heterocycles. The fourth-order valence-corrected chi connectivity index (χ4v) is 3.84. The number of aromatic nitrogens is 2. The normalized spacial score (nSPS) is 12.6. The predicted octanol–water partition coefficient (Wildman–Crippen LogP) is 4.73. The quantitative estimate of drug-likeness (QED) is 0.327. The number of imide groups is 1. The first-order valence-corrected chi connectivity index (χ1v) is 10.8. The predicted molar refractivity (Wildman–Crippen MR) is 130 cm³/mol. The number of hydrogen-bond donors (Lipinski definition) is 2. The van der Waals surface area contributed by atoms with Gasteiger partial charge in [0, 0.05) is 28.4 Å². The Balaban J connectivity index is 1.46. The van der Waals surface area contributed by atoms with E-state index in [1.165, 1.54) is 12.1 Å². The van der Waals surface area contributed by atoms with Crippen molar-refractivity contribution in [2.75, 3.05) is 5.32 Å². The number of benzene rings is 3. The molecule has 0 aliphatic carbocycles. The Hall–Kier alpha value is -4.49. The number of nitrogens with one attached hydrogen (secondary N) is 2. The monoisotopic (exact) mass is 468 g/mol. The molecule has 0 atom stereocenters. The summed E-state index contributed by atoms with van der Waals surface area (Å²) in [6, 6.07) is 21.6. The van der Waals surface area contributed by atoms with Gasteiger partial charge in [-0.2, -0.15) is 5.10 Å². The molecule has 0 bridgehead atoms. The minimum Gasteiger partial charge on any atom is -0.322 e. The average molecular weight is 469 g/mol. The number of fused-ring (bicyclic) bond motifs is 1. The van der Waals surface area contributed by atoms with Crippen LogP contribution in [0.3, 0.4) is 0 Å². The third kappa shape index (κ3) is 4.12. The molecule has 4 aromatic rings. The number of rotatable bonds is 5. The van der Waals surface area contributed by atoms with E-state index in [0.29, 0.717) is 16.3 Å². The summed E-state index contributed by atoms with van der Waals surface area (Å²) in [5.74, 6) is -1.46. The van der Waals surface area contributed by atoms with Crippen LogP contribution in [0.25, 0.3) is 23.0 Å². The summed E-state index contributed by atoms with van der Waals surface area (Å²) in [5.41, 5.74) is 3.78. The lowest BCUT2D eigenvalue weighted by molar-refractivity contribution is -0.111. The van der Waals surface area contributed by atoms with E-state index >= 15 is 0 Å². The van der Waals surface area contributed by atoms with Crippen LogP contribution in [0.15, 0.2) is 85.1 Å². The smallest absolute Gasteiger partial charge is 0.261 e. The summed E-state index contributed by atoms with van der Waals surface area (Å²) in [6.07, 6.45) is 4.84. The molecule has 3 aromatic carbocycles. The molecule has 166 valence electrons. The van der Waals surface area contributed by atoms with Gasteiger partial charge >= 0.3 is 0 Å². The van der Waals surface area contributed by atoms with Gasteiger partial charge in [0.05, 0.1) is 28.2 Å². The van der Waals surface area contributed by atoms with E-state index < -0.39 is 17.7 Å². The van der Waals surface area contributed by atoms with Gasteiger partial charge in [0.1, 0.15) is 0 Å². The van der Waals surface area contributed by atoms with E-state index in [0.717, 1.165) is 11.3 Å². The van der Waals surface area contributed by atoms with Gasteiger partial charge in [0.15, 0.2) is 0 Å². The van der Waals surface area contributed by atoms with Crippen LogP contribution in [0, 0.1) is 0 Å². The highest BCUT2D eigenvalue weighted by atomic mass is 35.5. The highest BCUT2D eigenvalue weighted by molar-refractivity contribution is 6.30. The lowest BCUT2D eigenvalue weighted by atomic mass is 10.1. The number of nitrogens with zero attached hydrogens (tertiary/aromatic N) is 2. The summed E-state index contributed by atoms with van der Waals surface area (Å²) in [5, 5.41) is 10.2. The largest absolute Gasteiger partial charge is 0.322 e. The van der Waals surface area contributed by atoms with Gasteiger partial charge in [-0.1, -0.05) is 48.0 Å². The fourth-order valence-electron chi connectivity index (χ4n) is 3.72. The molecule has 8 heteroatoms. The van der Waals surface area contributed by atoms with Gasteiger partial charge in [-0.3, -0.25) is 19.7 Å². The van der Waals surface area contributed by atoms with E-state index in [1.807, 2.05) is 48.7 Å². The molecule has 5 rings (SSSR count). The van der Waals surface area contributed by atoms with Crippen LogP contribution in [-0.2, 0) is 4.79 Å². The molecule has 7 nitrogen and oxygen atoms in total.